The Morgan fingerprint density at radius 1 is 1.16 bits per heavy atom. The number of nitrogens with zero attached hydrogens (tertiary/aromatic N) is 3. The molecule has 0 saturated carbocycles. The number of hydrogen-bond acceptors (Lipinski definition) is 5. The molecule has 0 aliphatic rings. The molecule has 0 unspecified atom stereocenters. The summed E-state index contributed by atoms with van der Waals surface area (Å²) in [5, 5.41) is 6.91. The van der Waals surface area contributed by atoms with Gasteiger partial charge < -0.3 is 19.1 Å². The van der Waals surface area contributed by atoms with Gasteiger partial charge in [-0.3, -0.25) is 4.79 Å². The van der Waals surface area contributed by atoms with Crippen molar-refractivity contribution in [3.8, 4) is 28.7 Å². The van der Waals surface area contributed by atoms with Crippen LogP contribution in [0.2, 0.25) is 0 Å². The Balaban J connectivity index is 1.54. The van der Waals surface area contributed by atoms with Crippen LogP contribution >= 0.6 is 0 Å². The summed E-state index contributed by atoms with van der Waals surface area (Å²) in [6, 6.07) is 13.8. The van der Waals surface area contributed by atoms with E-state index >= 15 is 0 Å². The Morgan fingerprint density at radius 3 is 2.65 bits per heavy atom. The number of para-hydroxylation sites is 1. The zero-order valence-electron chi connectivity index (χ0n) is 17.3. The SMILES string of the molecule is COc1ccc(-c2noc(-c3cccn3CC(=O)Nc3c(C)cccc3C)n2)cc1F. The van der Waals surface area contributed by atoms with E-state index in [2.05, 4.69) is 15.5 Å². The summed E-state index contributed by atoms with van der Waals surface area (Å²) < 4.78 is 26.0. The van der Waals surface area contributed by atoms with Crippen molar-refractivity contribution in [2.75, 3.05) is 12.4 Å². The molecule has 0 aliphatic heterocycles. The zero-order chi connectivity index (χ0) is 22.0. The first kappa shape index (κ1) is 20.3. The minimum atomic E-state index is -0.516. The molecule has 1 amide bonds. The third kappa shape index (κ3) is 4.18. The summed E-state index contributed by atoms with van der Waals surface area (Å²) in [5.41, 5.74) is 3.84. The first-order valence-electron chi connectivity index (χ1n) is 9.65. The second kappa shape index (κ2) is 8.43. The number of rotatable bonds is 6. The predicted molar refractivity (Wildman–Crippen MR) is 114 cm³/mol. The van der Waals surface area contributed by atoms with Gasteiger partial charge in [-0.1, -0.05) is 23.4 Å². The number of carbonyl (C=O) groups is 1. The van der Waals surface area contributed by atoms with Crippen LogP contribution in [0.4, 0.5) is 10.1 Å². The predicted octanol–water partition coefficient (Wildman–Crippen LogP) is 4.61. The Labute approximate surface area is 178 Å². The highest BCUT2D eigenvalue weighted by atomic mass is 19.1. The van der Waals surface area contributed by atoms with Crippen molar-refractivity contribution in [1.82, 2.24) is 14.7 Å². The molecule has 2 aromatic heterocycles. The number of nitrogens with one attached hydrogen (secondary N) is 1. The number of ether oxygens (including phenoxy) is 1. The van der Waals surface area contributed by atoms with Gasteiger partial charge in [0.2, 0.25) is 11.7 Å². The zero-order valence-corrected chi connectivity index (χ0v) is 17.3. The van der Waals surface area contributed by atoms with Gasteiger partial charge in [-0.05, 0) is 55.3 Å². The Morgan fingerprint density at radius 2 is 1.94 bits per heavy atom. The van der Waals surface area contributed by atoms with Crippen LogP contribution in [0.1, 0.15) is 11.1 Å². The topological polar surface area (TPSA) is 82.2 Å². The number of aromatic nitrogens is 3. The van der Waals surface area contributed by atoms with Crippen molar-refractivity contribution in [2.24, 2.45) is 0 Å². The van der Waals surface area contributed by atoms with Crippen LogP contribution in [-0.2, 0) is 11.3 Å². The molecule has 0 fully saturated rings. The van der Waals surface area contributed by atoms with Crippen LogP contribution in [0.5, 0.6) is 5.75 Å². The van der Waals surface area contributed by atoms with E-state index in [0.29, 0.717) is 11.3 Å². The molecular weight excluding hydrogens is 399 g/mol. The van der Waals surface area contributed by atoms with E-state index in [-0.39, 0.29) is 29.9 Å². The van der Waals surface area contributed by atoms with Gasteiger partial charge in [0.1, 0.15) is 12.2 Å². The van der Waals surface area contributed by atoms with Crippen molar-refractivity contribution in [1.29, 1.82) is 0 Å². The number of hydrogen-bond donors (Lipinski definition) is 1. The maximum absolute atomic E-state index is 14.0. The van der Waals surface area contributed by atoms with Gasteiger partial charge in [0.05, 0.1) is 7.11 Å². The quantitative estimate of drug-likeness (QED) is 0.493. The van der Waals surface area contributed by atoms with Crippen molar-refractivity contribution >= 4 is 11.6 Å². The summed E-state index contributed by atoms with van der Waals surface area (Å²) >= 11 is 0. The molecule has 2 heterocycles. The van der Waals surface area contributed by atoms with E-state index in [1.54, 1.807) is 29.0 Å². The highest BCUT2D eigenvalue weighted by Gasteiger charge is 2.17. The fourth-order valence-corrected chi connectivity index (χ4v) is 3.34. The van der Waals surface area contributed by atoms with E-state index in [9.17, 15) is 9.18 Å². The van der Waals surface area contributed by atoms with Gasteiger partial charge in [0.15, 0.2) is 11.6 Å². The summed E-state index contributed by atoms with van der Waals surface area (Å²) in [4.78, 5) is 17.0. The monoisotopic (exact) mass is 420 g/mol. The first-order chi connectivity index (χ1) is 15.0. The smallest absolute Gasteiger partial charge is 0.274 e. The average molecular weight is 420 g/mol. The van der Waals surface area contributed by atoms with E-state index in [1.165, 1.54) is 19.2 Å². The largest absolute Gasteiger partial charge is 0.494 e. The maximum Gasteiger partial charge on any atom is 0.274 e. The fourth-order valence-electron chi connectivity index (χ4n) is 3.34. The molecular formula is C23H21FN4O3. The van der Waals surface area contributed by atoms with Crippen LogP contribution in [0.25, 0.3) is 23.0 Å². The van der Waals surface area contributed by atoms with Crippen LogP contribution in [-0.4, -0.2) is 27.7 Å². The third-order valence-corrected chi connectivity index (χ3v) is 4.94. The van der Waals surface area contributed by atoms with Crippen molar-refractivity contribution in [3.63, 3.8) is 0 Å². The van der Waals surface area contributed by atoms with E-state index in [1.807, 2.05) is 32.0 Å². The average Bonchev–Trinajstić information content (AvgIpc) is 3.40. The number of benzene rings is 2. The molecule has 0 saturated heterocycles. The second-order valence-electron chi connectivity index (χ2n) is 7.11. The molecule has 0 aliphatic carbocycles. The lowest BCUT2D eigenvalue weighted by Crippen LogP contribution is -2.20. The number of halogens is 1. The second-order valence-corrected chi connectivity index (χ2v) is 7.11. The van der Waals surface area contributed by atoms with Crippen molar-refractivity contribution in [2.45, 2.75) is 20.4 Å². The Hall–Kier alpha value is -3.94. The Kier molecular flexibility index (Phi) is 5.53. The molecule has 158 valence electrons. The number of aryl methyl sites for hydroxylation is 2. The lowest BCUT2D eigenvalue weighted by atomic mass is 10.1. The minimum absolute atomic E-state index is 0.0744. The first-order valence-corrected chi connectivity index (χ1v) is 9.65. The van der Waals surface area contributed by atoms with Gasteiger partial charge >= 0.3 is 0 Å². The van der Waals surface area contributed by atoms with Gasteiger partial charge in [-0.15, -0.1) is 0 Å². The lowest BCUT2D eigenvalue weighted by molar-refractivity contribution is -0.116. The van der Waals surface area contributed by atoms with Gasteiger partial charge in [-0.25, -0.2) is 4.39 Å². The molecule has 31 heavy (non-hydrogen) atoms. The molecule has 0 spiro atoms. The molecule has 8 heteroatoms. The van der Waals surface area contributed by atoms with Gasteiger partial charge in [0, 0.05) is 17.4 Å². The highest BCUT2D eigenvalue weighted by Crippen LogP contribution is 2.26. The van der Waals surface area contributed by atoms with E-state index in [0.717, 1.165) is 16.8 Å². The van der Waals surface area contributed by atoms with Crippen molar-refractivity contribution in [3.05, 3.63) is 71.7 Å². The van der Waals surface area contributed by atoms with E-state index < -0.39 is 5.82 Å². The molecule has 4 aromatic rings. The van der Waals surface area contributed by atoms with Crippen LogP contribution in [0, 0.1) is 19.7 Å². The fraction of sp³-hybridized carbons (Fsp3) is 0.174. The van der Waals surface area contributed by atoms with Crippen molar-refractivity contribution < 1.29 is 18.4 Å². The maximum atomic E-state index is 14.0. The Bertz CT molecular complexity index is 1230. The van der Waals surface area contributed by atoms with Gasteiger partial charge in [-0.2, -0.15) is 4.98 Å². The molecule has 7 nitrogen and oxygen atoms in total. The van der Waals surface area contributed by atoms with Gasteiger partial charge in [0.25, 0.3) is 5.89 Å². The highest BCUT2D eigenvalue weighted by molar-refractivity contribution is 5.92. The van der Waals surface area contributed by atoms with E-state index in [4.69, 9.17) is 9.26 Å². The standard InChI is InChI=1S/C23H21FN4O3/c1-14-6-4-7-15(2)21(14)25-20(29)13-28-11-5-8-18(28)23-26-22(27-31-23)16-9-10-19(30-3)17(24)12-16/h4-12H,13H2,1-3H3,(H,25,29). The van der Waals surface area contributed by atoms with Crippen LogP contribution in [0.15, 0.2) is 59.3 Å². The normalized spacial score (nSPS) is 10.8. The summed E-state index contributed by atoms with van der Waals surface area (Å²) in [7, 11) is 1.40. The van der Waals surface area contributed by atoms with Crippen LogP contribution < -0.4 is 10.1 Å². The van der Waals surface area contributed by atoms with Crippen LogP contribution in [0.3, 0.4) is 0 Å². The molecule has 1 N–H and O–H groups in total. The summed E-state index contributed by atoms with van der Waals surface area (Å²) in [5.74, 6) is -0.0821. The molecule has 0 atom stereocenters. The summed E-state index contributed by atoms with van der Waals surface area (Å²) in [6.07, 6.45) is 1.76. The molecule has 0 bridgehead atoms. The molecule has 0 radical (unpaired) electrons. The third-order valence-electron chi connectivity index (χ3n) is 4.94. The number of carbonyl (C=O) groups excluding carboxylic acids is 1. The molecule has 4 rings (SSSR count). The lowest BCUT2D eigenvalue weighted by Gasteiger charge is -2.12. The number of anilines is 1. The molecule has 2 aromatic carbocycles. The number of amides is 1. The summed E-state index contributed by atoms with van der Waals surface area (Å²) in [6.45, 7) is 3.97. The number of methoxy groups -OCH3 is 1. The minimum Gasteiger partial charge on any atom is -0.494 e.